The third kappa shape index (κ3) is 6.85. The van der Waals surface area contributed by atoms with Crippen LogP contribution >= 0.6 is 0 Å². The molecule has 4 aliphatic heterocycles. The van der Waals surface area contributed by atoms with E-state index in [2.05, 4.69) is 5.32 Å². The largest absolute Gasteiger partial charge is 0.480 e. The Hall–Kier alpha value is 1.18. The maximum atomic E-state index is 11.1. The van der Waals surface area contributed by atoms with Crippen molar-refractivity contribution in [2.75, 3.05) is 19.6 Å². The molecule has 0 aromatic heterocycles. The molecule has 204 valence electrons. The van der Waals surface area contributed by atoms with Gasteiger partial charge in [0.2, 0.25) is 0 Å². The second-order valence-corrected chi connectivity index (χ2v) is 33.9. The summed E-state index contributed by atoms with van der Waals surface area (Å²) in [6.45, 7) is 15.8. The second-order valence-electron chi connectivity index (χ2n) is 9.97. The quantitative estimate of drug-likeness (QED) is 0.267. The molecule has 4 rings (SSSR count). The number of fused-ring (bicyclic) bond motifs is 4. The molecule has 14 nitrogen and oxygen atoms in total. The topological polar surface area (TPSA) is 160 Å². The van der Waals surface area contributed by atoms with Gasteiger partial charge in [0, 0.05) is 58.9 Å². The Morgan fingerprint density at radius 1 is 0.543 bits per heavy atom. The molecule has 0 aliphatic carbocycles. The highest BCUT2D eigenvalue weighted by Gasteiger charge is 2.74. The van der Waals surface area contributed by atoms with E-state index in [9.17, 15) is 4.80 Å². The molecule has 4 aliphatic rings. The molecule has 6 bridgehead atoms. The van der Waals surface area contributed by atoms with Crippen LogP contribution in [0, 0.1) is 0 Å². The molecular weight excluding hydrogens is 601 g/mol. The van der Waals surface area contributed by atoms with E-state index < -0.39 is 70.2 Å². The maximum absolute atomic E-state index is 11.1. The SMILES string of the molecule is C[Si]1(O)O[Si]2(C)O[Si]3(C)O[Si](C)(CCCNCCN)O[Si@@]4(C)O[Si](C)(O1)O[Si](C)(O2)O[Si](C)(O3)O4. The van der Waals surface area contributed by atoms with Gasteiger partial charge in [-0.25, -0.2) is 0 Å². The Kier molecular flexibility index (Phi) is 7.82. The van der Waals surface area contributed by atoms with Crippen molar-refractivity contribution in [3.63, 3.8) is 0 Å². The van der Waals surface area contributed by atoms with Crippen LogP contribution in [0.15, 0.2) is 0 Å². The first kappa shape index (κ1) is 29.2. The second kappa shape index (κ2) is 9.38. The molecule has 4 saturated heterocycles. The molecule has 22 heteroatoms. The highest BCUT2D eigenvalue weighted by Crippen LogP contribution is 2.45. The van der Waals surface area contributed by atoms with E-state index in [1.807, 2.05) is 6.55 Å². The Morgan fingerprint density at radius 3 is 1.26 bits per heavy atom. The fraction of sp³-hybridized carbons (Fsp3) is 1.00. The minimum absolute atomic E-state index is 0.561. The van der Waals surface area contributed by atoms with E-state index in [0.717, 1.165) is 19.5 Å². The van der Waals surface area contributed by atoms with Crippen molar-refractivity contribution in [3.8, 4) is 0 Å². The van der Waals surface area contributed by atoms with Crippen molar-refractivity contribution in [2.24, 2.45) is 5.73 Å². The molecule has 4 fully saturated rings. The third-order valence-electron chi connectivity index (χ3n) is 5.45. The Balaban J connectivity index is 1.79. The van der Waals surface area contributed by atoms with Gasteiger partial charge in [0.05, 0.1) is 0 Å². The summed E-state index contributed by atoms with van der Waals surface area (Å²) in [6, 6.07) is 0.618. The van der Waals surface area contributed by atoms with Crippen LogP contribution in [0.25, 0.3) is 0 Å². The molecule has 0 radical (unpaired) electrons. The van der Waals surface area contributed by atoms with Crippen molar-refractivity contribution in [1.82, 2.24) is 5.32 Å². The van der Waals surface area contributed by atoms with Gasteiger partial charge < -0.3 is 61.1 Å². The fourth-order valence-electron chi connectivity index (χ4n) is 5.11. The van der Waals surface area contributed by atoms with E-state index in [-0.39, 0.29) is 0 Å². The molecular formula is C13H38N2O12Si8. The van der Waals surface area contributed by atoms with Gasteiger partial charge in [0.1, 0.15) is 0 Å². The predicted molar refractivity (Wildman–Crippen MR) is 138 cm³/mol. The number of hydrogen-bond donors (Lipinski definition) is 3. The highest BCUT2D eigenvalue weighted by atomic mass is 28.6. The standard InChI is InChI=1S/C13H38N2O12Si8/c1-28(13-9-11-15-12-10-14)17-30(3)21-32(5)19-29(2,16)20-33(6)22-31(4,18-28)24-34(7,23-30)27-35(8,25-32)26-33/h15-16H,9-14H2,1-8H3/t28?,29?,30-,31?,32?,33?,34?,35?/m0/s1. The maximum Gasteiger partial charge on any atom is 0.480 e. The smallest absolute Gasteiger partial charge is 0.394 e. The zero-order valence-electron chi connectivity index (χ0n) is 21.6. The monoisotopic (exact) mass is 638 g/mol. The number of rotatable bonds is 6. The molecule has 4 heterocycles. The Morgan fingerprint density at radius 2 is 0.886 bits per heavy atom. The minimum Gasteiger partial charge on any atom is -0.394 e. The third-order valence-corrected chi connectivity index (χ3v) is 39.9. The zero-order valence-corrected chi connectivity index (χ0v) is 29.6. The Labute approximate surface area is 215 Å². The summed E-state index contributed by atoms with van der Waals surface area (Å²) < 4.78 is 71.3. The van der Waals surface area contributed by atoms with Crippen molar-refractivity contribution >= 4 is 70.2 Å². The summed E-state index contributed by atoms with van der Waals surface area (Å²) in [5.41, 5.74) is 5.58. The average Bonchev–Trinajstić information content (AvgIpc) is 2.52. The summed E-state index contributed by atoms with van der Waals surface area (Å²) in [5, 5.41) is 3.29. The first-order valence-electron chi connectivity index (χ1n) is 11.7. The minimum atomic E-state index is -3.84. The van der Waals surface area contributed by atoms with Gasteiger partial charge in [0.15, 0.2) is 0 Å². The molecule has 0 amide bonds. The molecule has 35 heavy (non-hydrogen) atoms. The molecule has 0 saturated carbocycles. The molecule has 7 unspecified atom stereocenters. The van der Waals surface area contributed by atoms with Gasteiger partial charge in [-0.05, 0) is 25.6 Å². The van der Waals surface area contributed by atoms with E-state index in [4.69, 9.17) is 51.0 Å². The summed E-state index contributed by atoms with van der Waals surface area (Å²) in [5.74, 6) is 0. The van der Waals surface area contributed by atoms with E-state index >= 15 is 0 Å². The van der Waals surface area contributed by atoms with E-state index in [1.165, 1.54) is 6.55 Å². The van der Waals surface area contributed by atoms with Gasteiger partial charge in [-0.3, -0.25) is 0 Å². The number of nitrogens with one attached hydrogen (secondary N) is 1. The fourth-order valence-corrected chi connectivity index (χ4v) is 48.2. The first-order valence-corrected chi connectivity index (χ1v) is 29.8. The first-order chi connectivity index (χ1) is 15.8. The lowest BCUT2D eigenvalue weighted by molar-refractivity contribution is 0.0110. The lowest BCUT2D eigenvalue weighted by Crippen LogP contribution is -2.82. The molecule has 0 aromatic carbocycles. The van der Waals surface area contributed by atoms with Crippen LogP contribution in [0.5, 0.6) is 0 Å². The molecule has 8 atom stereocenters. The zero-order chi connectivity index (χ0) is 26.0. The van der Waals surface area contributed by atoms with Crippen LogP contribution in [-0.4, -0.2) is 94.6 Å². The van der Waals surface area contributed by atoms with Crippen LogP contribution < -0.4 is 11.1 Å². The van der Waals surface area contributed by atoms with E-state index in [1.54, 1.807) is 39.3 Å². The van der Waals surface area contributed by atoms with Crippen LogP contribution in [0.2, 0.25) is 58.4 Å². The summed E-state index contributed by atoms with van der Waals surface area (Å²) >= 11 is 0. The van der Waals surface area contributed by atoms with Gasteiger partial charge >= 0.3 is 70.2 Å². The van der Waals surface area contributed by atoms with Crippen molar-refractivity contribution in [3.05, 3.63) is 0 Å². The van der Waals surface area contributed by atoms with Gasteiger partial charge in [0.25, 0.3) is 0 Å². The molecule has 4 N–H and O–H groups in total. The van der Waals surface area contributed by atoms with Crippen LogP contribution in [0.1, 0.15) is 6.42 Å². The van der Waals surface area contributed by atoms with E-state index in [0.29, 0.717) is 12.6 Å². The predicted octanol–water partition coefficient (Wildman–Crippen LogP) is 0.207. The summed E-state index contributed by atoms with van der Waals surface area (Å²) in [7, 11) is -28.4. The van der Waals surface area contributed by atoms with Gasteiger partial charge in [-0.1, -0.05) is 0 Å². The normalized spacial score (nSPS) is 54.3. The average molecular weight is 639 g/mol. The van der Waals surface area contributed by atoms with Crippen molar-refractivity contribution in [1.29, 1.82) is 0 Å². The number of nitrogens with two attached hydrogens (primary N) is 1. The lowest BCUT2D eigenvalue weighted by atomic mass is 10.5. The summed E-state index contributed by atoms with van der Waals surface area (Å²) in [4.78, 5) is 11.1. The van der Waals surface area contributed by atoms with Crippen molar-refractivity contribution < 1.29 is 50.1 Å². The van der Waals surface area contributed by atoms with Gasteiger partial charge in [-0.2, -0.15) is 0 Å². The lowest BCUT2D eigenvalue weighted by Gasteiger charge is -2.57. The van der Waals surface area contributed by atoms with Crippen LogP contribution in [0.3, 0.4) is 0 Å². The number of hydrogen-bond acceptors (Lipinski definition) is 14. The molecule has 0 spiro atoms. The van der Waals surface area contributed by atoms with Crippen molar-refractivity contribution in [2.45, 2.75) is 64.8 Å². The van der Waals surface area contributed by atoms with Crippen LogP contribution in [0.4, 0.5) is 0 Å². The summed E-state index contributed by atoms with van der Waals surface area (Å²) in [6.07, 6.45) is 0.777. The highest BCUT2D eigenvalue weighted by molar-refractivity contribution is 7.00. The van der Waals surface area contributed by atoms with Gasteiger partial charge in [-0.15, -0.1) is 0 Å². The van der Waals surface area contributed by atoms with Crippen LogP contribution in [-0.2, 0) is 45.3 Å². The Bertz CT molecular complexity index is 786. The molecule has 0 aromatic rings.